The normalized spacial score (nSPS) is 16.1. The molecule has 9 heteroatoms. The van der Waals surface area contributed by atoms with Gasteiger partial charge >= 0.3 is 0 Å². The van der Waals surface area contributed by atoms with Gasteiger partial charge in [-0.2, -0.15) is 0 Å². The highest BCUT2D eigenvalue weighted by atomic mass is 79.9. The van der Waals surface area contributed by atoms with Gasteiger partial charge in [0.2, 0.25) is 10.0 Å². The van der Waals surface area contributed by atoms with Crippen molar-refractivity contribution in [2.75, 3.05) is 27.2 Å². The van der Waals surface area contributed by atoms with Gasteiger partial charge in [0, 0.05) is 56.0 Å². The highest BCUT2D eigenvalue weighted by Crippen LogP contribution is 2.25. The smallest absolute Gasteiger partial charge is 0.251 e. The van der Waals surface area contributed by atoms with Gasteiger partial charge in [0.25, 0.3) is 5.91 Å². The summed E-state index contributed by atoms with van der Waals surface area (Å²) in [6.07, 6.45) is 3.49. The van der Waals surface area contributed by atoms with E-state index in [1.807, 2.05) is 18.2 Å². The van der Waals surface area contributed by atoms with Crippen molar-refractivity contribution in [3.05, 3.63) is 58.3 Å². The number of carbonyl (C=O) groups excluding carboxylic acids is 1. The SMILES string of the molecule is CN(C)S(=O)(=O)c1cc(C(=O)NC2CCN(Cc3ccccn3)CC2)ccc1Br. The van der Waals surface area contributed by atoms with Crippen molar-refractivity contribution < 1.29 is 13.2 Å². The van der Waals surface area contributed by atoms with Gasteiger partial charge in [-0.15, -0.1) is 0 Å². The highest BCUT2D eigenvalue weighted by molar-refractivity contribution is 9.10. The Balaban J connectivity index is 1.60. The number of carbonyl (C=O) groups is 1. The van der Waals surface area contributed by atoms with Crippen LogP contribution < -0.4 is 5.32 Å². The van der Waals surface area contributed by atoms with Gasteiger partial charge in [-0.3, -0.25) is 14.7 Å². The molecule has 2 heterocycles. The molecule has 1 N–H and O–H groups in total. The predicted octanol–water partition coefficient (Wildman–Crippen LogP) is 2.49. The third-order valence-corrected chi connectivity index (χ3v) is 7.80. The number of nitrogens with zero attached hydrogens (tertiary/aromatic N) is 3. The molecule has 0 saturated carbocycles. The number of pyridine rings is 1. The van der Waals surface area contributed by atoms with Crippen molar-refractivity contribution in [3.63, 3.8) is 0 Å². The second kappa shape index (κ2) is 9.34. The van der Waals surface area contributed by atoms with E-state index in [2.05, 4.69) is 31.1 Å². The summed E-state index contributed by atoms with van der Waals surface area (Å²) >= 11 is 3.27. The van der Waals surface area contributed by atoms with Gasteiger partial charge in [0.1, 0.15) is 0 Å². The standard InChI is InChI=1S/C20H25BrN4O3S/c1-24(2)29(27,28)19-13-15(6-7-18(19)21)20(26)23-16-8-11-25(12-9-16)14-17-5-3-4-10-22-17/h3-7,10,13,16H,8-9,11-12,14H2,1-2H3,(H,23,26). The molecule has 0 aliphatic carbocycles. The van der Waals surface area contributed by atoms with E-state index in [0.29, 0.717) is 10.0 Å². The second-order valence-corrected chi connectivity index (χ2v) is 10.3. The van der Waals surface area contributed by atoms with E-state index in [1.54, 1.807) is 18.3 Å². The Morgan fingerprint density at radius 2 is 1.97 bits per heavy atom. The average molecular weight is 481 g/mol. The van der Waals surface area contributed by atoms with Gasteiger partial charge in [-0.05, 0) is 59.1 Å². The van der Waals surface area contributed by atoms with Gasteiger partial charge in [-0.25, -0.2) is 12.7 Å². The van der Waals surface area contributed by atoms with Gasteiger partial charge < -0.3 is 5.32 Å². The lowest BCUT2D eigenvalue weighted by Crippen LogP contribution is -2.44. The van der Waals surface area contributed by atoms with Crippen LogP contribution in [0, 0.1) is 0 Å². The molecule has 0 radical (unpaired) electrons. The zero-order valence-corrected chi connectivity index (χ0v) is 18.9. The minimum atomic E-state index is -3.64. The van der Waals surface area contributed by atoms with Crippen LogP contribution in [0.5, 0.6) is 0 Å². The molecule has 1 aromatic heterocycles. The Bertz CT molecular complexity index is 959. The molecule has 0 spiro atoms. The number of piperidine rings is 1. The van der Waals surface area contributed by atoms with Gasteiger partial charge in [-0.1, -0.05) is 6.07 Å². The summed E-state index contributed by atoms with van der Waals surface area (Å²) in [5.74, 6) is -0.254. The van der Waals surface area contributed by atoms with Crippen LogP contribution in [0.25, 0.3) is 0 Å². The van der Waals surface area contributed by atoms with Crippen LogP contribution in [0.1, 0.15) is 28.9 Å². The lowest BCUT2D eigenvalue weighted by Gasteiger charge is -2.32. The zero-order chi connectivity index (χ0) is 21.0. The van der Waals surface area contributed by atoms with Gasteiger partial charge in [0.05, 0.1) is 10.6 Å². The van der Waals surface area contributed by atoms with E-state index in [4.69, 9.17) is 0 Å². The fraction of sp³-hybridized carbons (Fsp3) is 0.400. The summed E-state index contributed by atoms with van der Waals surface area (Å²) in [5, 5.41) is 3.04. The van der Waals surface area contributed by atoms with Crippen LogP contribution >= 0.6 is 15.9 Å². The van der Waals surface area contributed by atoms with Crippen molar-refractivity contribution in [1.29, 1.82) is 0 Å². The first-order chi connectivity index (χ1) is 13.8. The monoisotopic (exact) mass is 480 g/mol. The number of halogens is 1. The fourth-order valence-corrected chi connectivity index (χ4v) is 5.11. The number of hydrogen-bond donors (Lipinski definition) is 1. The first kappa shape index (κ1) is 21.9. The predicted molar refractivity (Wildman–Crippen MR) is 115 cm³/mol. The maximum Gasteiger partial charge on any atom is 0.251 e. The third kappa shape index (κ3) is 5.42. The van der Waals surface area contributed by atoms with Crippen molar-refractivity contribution in [1.82, 2.24) is 19.5 Å². The number of rotatable bonds is 6. The first-order valence-electron chi connectivity index (χ1n) is 9.42. The largest absolute Gasteiger partial charge is 0.349 e. The maximum absolute atomic E-state index is 12.7. The third-order valence-electron chi connectivity index (χ3n) is 4.99. The number of likely N-dealkylation sites (tertiary alicyclic amines) is 1. The summed E-state index contributed by atoms with van der Waals surface area (Å²) in [6, 6.07) is 10.6. The molecule has 0 bridgehead atoms. The number of aromatic nitrogens is 1. The molecule has 1 aliphatic rings. The minimum absolute atomic E-state index is 0.0695. The van der Waals surface area contributed by atoms with Crippen molar-refractivity contribution >= 4 is 31.9 Å². The molecular formula is C20H25BrN4O3S. The summed E-state index contributed by atoms with van der Waals surface area (Å²) < 4.78 is 26.5. The van der Waals surface area contributed by atoms with E-state index in [9.17, 15) is 13.2 Å². The lowest BCUT2D eigenvalue weighted by molar-refractivity contribution is 0.0908. The van der Waals surface area contributed by atoms with Crippen LogP contribution in [-0.2, 0) is 16.6 Å². The number of hydrogen-bond acceptors (Lipinski definition) is 5. The van der Waals surface area contributed by atoms with Gasteiger partial charge in [0.15, 0.2) is 0 Å². The molecule has 1 saturated heterocycles. The molecule has 1 fully saturated rings. The molecule has 1 aromatic carbocycles. The van der Waals surface area contributed by atoms with E-state index >= 15 is 0 Å². The summed E-state index contributed by atoms with van der Waals surface area (Å²) in [5.41, 5.74) is 1.38. The first-order valence-corrected chi connectivity index (χ1v) is 11.7. The van der Waals surface area contributed by atoms with Crippen LogP contribution in [0.2, 0.25) is 0 Å². The Kier molecular flexibility index (Phi) is 7.05. The van der Waals surface area contributed by atoms with Crippen LogP contribution in [-0.4, -0.2) is 61.7 Å². The Morgan fingerprint density at radius 1 is 1.24 bits per heavy atom. The van der Waals surface area contributed by atoms with Crippen LogP contribution in [0.15, 0.2) is 52.0 Å². The van der Waals surface area contributed by atoms with Crippen molar-refractivity contribution in [2.45, 2.75) is 30.3 Å². The Morgan fingerprint density at radius 3 is 2.59 bits per heavy atom. The molecule has 29 heavy (non-hydrogen) atoms. The summed E-state index contributed by atoms with van der Waals surface area (Å²) in [4.78, 5) is 19.5. The highest BCUT2D eigenvalue weighted by Gasteiger charge is 2.24. The summed E-state index contributed by atoms with van der Waals surface area (Å²) in [7, 11) is -0.709. The molecule has 7 nitrogen and oxygen atoms in total. The maximum atomic E-state index is 12.7. The van der Waals surface area contributed by atoms with Crippen LogP contribution in [0.3, 0.4) is 0 Å². The topological polar surface area (TPSA) is 82.6 Å². The van der Waals surface area contributed by atoms with Crippen molar-refractivity contribution in [2.24, 2.45) is 0 Å². The quantitative estimate of drug-likeness (QED) is 0.686. The number of sulfonamides is 1. The molecule has 3 rings (SSSR count). The fourth-order valence-electron chi connectivity index (χ4n) is 3.26. The zero-order valence-electron chi connectivity index (χ0n) is 16.5. The number of benzene rings is 1. The molecular weight excluding hydrogens is 456 g/mol. The van der Waals surface area contributed by atoms with Crippen LogP contribution in [0.4, 0.5) is 0 Å². The van der Waals surface area contributed by atoms with Crippen molar-refractivity contribution in [3.8, 4) is 0 Å². The molecule has 156 valence electrons. The second-order valence-electron chi connectivity index (χ2n) is 7.28. The molecule has 1 amide bonds. The molecule has 0 unspecified atom stereocenters. The molecule has 1 aliphatic heterocycles. The lowest BCUT2D eigenvalue weighted by atomic mass is 10.0. The van der Waals surface area contributed by atoms with E-state index in [0.717, 1.165) is 42.5 Å². The van der Waals surface area contributed by atoms with E-state index in [1.165, 1.54) is 20.2 Å². The number of amides is 1. The average Bonchev–Trinajstić information content (AvgIpc) is 2.70. The summed E-state index contributed by atoms with van der Waals surface area (Å²) in [6.45, 7) is 2.56. The Labute approximate surface area is 180 Å². The van der Waals surface area contributed by atoms with E-state index < -0.39 is 10.0 Å². The van der Waals surface area contributed by atoms with E-state index in [-0.39, 0.29) is 16.8 Å². The molecule has 2 aromatic rings. The number of nitrogens with one attached hydrogen (secondary N) is 1. The Hall–Kier alpha value is -1.81. The minimum Gasteiger partial charge on any atom is -0.349 e. The molecule has 0 atom stereocenters.